The number of phenols is 1. The van der Waals surface area contributed by atoms with Crippen LogP contribution in [0.3, 0.4) is 0 Å². The van der Waals surface area contributed by atoms with Gasteiger partial charge >= 0.3 is 0 Å². The fourth-order valence-corrected chi connectivity index (χ4v) is 5.91. The third-order valence-electron chi connectivity index (χ3n) is 8.03. The number of benzene rings is 2. The molecule has 0 radical (unpaired) electrons. The number of anilines is 2. The molecule has 2 saturated heterocycles. The average molecular weight is 601 g/mol. The summed E-state index contributed by atoms with van der Waals surface area (Å²) in [6.07, 6.45) is -0.599. The van der Waals surface area contributed by atoms with E-state index in [1.807, 2.05) is 18.2 Å². The molecular weight excluding hydrogens is 560 g/mol. The van der Waals surface area contributed by atoms with Gasteiger partial charge in [0.2, 0.25) is 5.95 Å². The molecule has 0 amide bonds. The number of nitrogens with zero attached hydrogens (tertiary/aromatic N) is 5. The van der Waals surface area contributed by atoms with Crippen LogP contribution in [-0.4, -0.2) is 90.4 Å². The number of methoxy groups -OCH3 is 1. The number of aliphatic hydroxyl groups is 1. The Morgan fingerprint density at radius 1 is 0.977 bits per heavy atom. The van der Waals surface area contributed by atoms with Crippen molar-refractivity contribution in [2.45, 2.75) is 38.7 Å². The standard InChI is InChI=1S/C33H40N6O5/c1-21-19-39(20-22(2)44-21)33-36-31-27(32(37-33)38-11-13-43-14-12-38)8-9-28(35-31)23-7-10-30(42-3)25(15-23)17-34-18-29(41)24-5-4-6-26(40)16-24/h4-10,15-16,21-22,29,34,40-41H,11-14,17-20H2,1-3H3/t21-,22+,29?. The number of aromatic nitrogens is 3. The second kappa shape index (κ2) is 13.3. The Kier molecular flexibility index (Phi) is 9.08. The second-order valence-corrected chi connectivity index (χ2v) is 11.4. The van der Waals surface area contributed by atoms with Gasteiger partial charge in [-0.25, -0.2) is 4.98 Å². The molecule has 2 fully saturated rings. The van der Waals surface area contributed by atoms with Crippen LogP contribution in [0.15, 0.2) is 54.6 Å². The van der Waals surface area contributed by atoms with E-state index in [4.69, 9.17) is 29.2 Å². The predicted octanol–water partition coefficient (Wildman–Crippen LogP) is 3.68. The van der Waals surface area contributed by atoms with Crippen molar-refractivity contribution in [1.29, 1.82) is 0 Å². The zero-order chi connectivity index (χ0) is 30.6. The molecule has 6 rings (SSSR count). The Hall–Kier alpha value is -4.03. The van der Waals surface area contributed by atoms with Crippen LogP contribution in [0.1, 0.15) is 31.1 Å². The lowest BCUT2D eigenvalue weighted by molar-refractivity contribution is -0.00570. The summed E-state index contributed by atoms with van der Waals surface area (Å²) in [5, 5.41) is 24.6. The van der Waals surface area contributed by atoms with Gasteiger partial charge in [0, 0.05) is 50.4 Å². The predicted molar refractivity (Wildman–Crippen MR) is 169 cm³/mol. The summed E-state index contributed by atoms with van der Waals surface area (Å²) in [5.41, 5.74) is 3.95. The molecule has 3 atom stereocenters. The zero-order valence-electron chi connectivity index (χ0n) is 25.4. The molecule has 44 heavy (non-hydrogen) atoms. The van der Waals surface area contributed by atoms with E-state index in [0.717, 1.165) is 46.9 Å². The maximum Gasteiger partial charge on any atom is 0.229 e. The van der Waals surface area contributed by atoms with Crippen molar-refractivity contribution in [2.24, 2.45) is 0 Å². The monoisotopic (exact) mass is 600 g/mol. The first-order chi connectivity index (χ1) is 21.4. The highest BCUT2D eigenvalue weighted by Crippen LogP contribution is 2.32. The molecule has 0 spiro atoms. The number of rotatable bonds is 9. The Labute approximate surface area is 257 Å². The molecule has 2 aliphatic rings. The fraction of sp³-hybridized carbons (Fsp3) is 0.424. The van der Waals surface area contributed by atoms with Crippen molar-refractivity contribution in [3.8, 4) is 22.8 Å². The molecule has 4 aromatic rings. The lowest BCUT2D eigenvalue weighted by Gasteiger charge is -2.36. The number of ether oxygens (including phenoxy) is 3. The molecule has 2 aromatic carbocycles. The van der Waals surface area contributed by atoms with Crippen LogP contribution >= 0.6 is 0 Å². The van der Waals surface area contributed by atoms with Crippen LogP contribution in [0.5, 0.6) is 11.5 Å². The Morgan fingerprint density at radius 2 is 1.77 bits per heavy atom. The van der Waals surface area contributed by atoms with Gasteiger partial charge in [-0.1, -0.05) is 12.1 Å². The van der Waals surface area contributed by atoms with Gasteiger partial charge < -0.3 is 39.5 Å². The van der Waals surface area contributed by atoms with Gasteiger partial charge in [0.25, 0.3) is 0 Å². The Morgan fingerprint density at radius 3 is 2.52 bits per heavy atom. The maximum absolute atomic E-state index is 10.6. The van der Waals surface area contributed by atoms with Crippen LogP contribution in [0.2, 0.25) is 0 Å². The van der Waals surface area contributed by atoms with E-state index >= 15 is 0 Å². The van der Waals surface area contributed by atoms with Crippen LogP contribution in [0.25, 0.3) is 22.3 Å². The molecule has 0 aliphatic carbocycles. The number of hydrogen-bond donors (Lipinski definition) is 3. The SMILES string of the molecule is COc1ccc(-c2ccc3c(N4CCOCC4)nc(N4C[C@@H](C)O[C@@H](C)C4)nc3n2)cc1CNCC(O)c1cccc(O)c1. The van der Waals surface area contributed by atoms with Gasteiger partial charge in [0.1, 0.15) is 17.3 Å². The molecule has 11 nitrogen and oxygen atoms in total. The van der Waals surface area contributed by atoms with Gasteiger partial charge in [0.05, 0.1) is 49.7 Å². The van der Waals surface area contributed by atoms with Gasteiger partial charge in [-0.3, -0.25) is 0 Å². The minimum Gasteiger partial charge on any atom is -0.508 e. The summed E-state index contributed by atoms with van der Waals surface area (Å²) >= 11 is 0. The summed E-state index contributed by atoms with van der Waals surface area (Å²) in [7, 11) is 1.65. The lowest BCUT2D eigenvalue weighted by Crippen LogP contribution is -2.46. The van der Waals surface area contributed by atoms with E-state index in [0.29, 0.717) is 56.6 Å². The molecule has 232 valence electrons. The van der Waals surface area contributed by atoms with Crippen LogP contribution in [0.4, 0.5) is 11.8 Å². The van der Waals surface area contributed by atoms with Gasteiger partial charge in [0.15, 0.2) is 5.65 Å². The highest BCUT2D eigenvalue weighted by Gasteiger charge is 2.27. The molecule has 0 bridgehead atoms. The molecule has 2 aromatic heterocycles. The van der Waals surface area contributed by atoms with E-state index in [1.165, 1.54) is 0 Å². The topological polar surface area (TPSA) is 125 Å². The van der Waals surface area contributed by atoms with Crippen LogP contribution < -0.4 is 19.9 Å². The summed E-state index contributed by atoms with van der Waals surface area (Å²) in [4.78, 5) is 19.5. The van der Waals surface area contributed by atoms with Crippen molar-refractivity contribution in [3.05, 3.63) is 65.7 Å². The molecule has 3 N–H and O–H groups in total. The third-order valence-corrected chi connectivity index (χ3v) is 8.03. The average Bonchev–Trinajstić information content (AvgIpc) is 3.03. The first-order valence-corrected chi connectivity index (χ1v) is 15.1. The summed E-state index contributed by atoms with van der Waals surface area (Å²) in [6, 6.07) is 16.7. The van der Waals surface area contributed by atoms with E-state index in [2.05, 4.69) is 41.1 Å². The smallest absolute Gasteiger partial charge is 0.229 e. The molecule has 2 aliphatic heterocycles. The largest absolute Gasteiger partial charge is 0.508 e. The quantitative estimate of drug-likeness (QED) is 0.261. The number of pyridine rings is 1. The summed E-state index contributed by atoms with van der Waals surface area (Å²) < 4.78 is 17.2. The van der Waals surface area contributed by atoms with E-state index < -0.39 is 6.10 Å². The van der Waals surface area contributed by atoms with E-state index in [1.54, 1.807) is 31.4 Å². The number of hydrogen-bond acceptors (Lipinski definition) is 11. The normalized spacial score (nSPS) is 19.7. The number of phenolic OH excluding ortho intramolecular Hbond substituents is 1. The minimum atomic E-state index is -0.759. The molecule has 0 saturated carbocycles. The third kappa shape index (κ3) is 6.71. The second-order valence-electron chi connectivity index (χ2n) is 11.4. The number of nitrogens with one attached hydrogen (secondary N) is 1. The van der Waals surface area contributed by atoms with Crippen LogP contribution in [0, 0.1) is 0 Å². The van der Waals surface area contributed by atoms with Crippen molar-refractivity contribution in [2.75, 3.05) is 62.8 Å². The summed E-state index contributed by atoms with van der Waals surface area (Å²) in [5.74, 6) is 2.41. The van der Waals surface area contributed by atoms with Crippen LogP contribution in [-0.2, 0) is 16.0 Å². The molecule has 11 heteroatoms. The zero-order valence-corrected chi connectivity index (χ0v) is 25.4. The Balaban J connectivity index is 1.29. The first-order valence-electron chi connectivity index (χ1n) is 15.1. The molecule has 4 heterocycles. The summed E-state index contributed by atoms with van der Waals surface area (Å²) in [6.45, 7) is 9.21. The molecular formula is C33H40N6O5. The number of fused-ring (bicyclic) bond motifs is 1. The van der Waals surface area contributed by atoms with Crippen molar-refractivity contribution in [3.63, 3.8) is 0 Å². The van der Waals surface area contributed by atoms with Gasteiger partial charge in [-0.05, 0) is 61.9 Å². The number of aliphatic hydroxyl groups excluding tert-OH is 1. The van der Waals surface area contributed by atoms with E-state index in [-0.39, 0.29) is 18.0 Å². The number of aromatic hydroxyl groups is 1. The van der Waals surface area contributed by atoms with Gasteiger partial charge in [-0.2, -0.15) is 9.97 Å². The lowest BCUT2D eigenvalue weighted by atomic mass is 10.1. The van der Waals surface area contributed by atoms with Crippen molar-refractivity contribution in [1.82, 2.24) is 20.3 Å². The first kappa shape index (κ1) is 30.0. The van der Waals surface area contributed by atoms with E-state index in [9.17, 15) is 10.2 Å². The minimum absolute atomic E-state index is 0.0801. The fourth-order valence-electron chi connectivity index (χ4n) is 5.91. The Bertz CT molecular complexity index is 1590. The highest BCUT2D eigenvalue weighted by molar-refractivity contribution is 5.90. The van der Waals surface area contributed by atoms with Crippen molar-refractivity contribution >= 4 is 22.8 Å². The molecule has 1 unspecified atom stereocenters. The number of morpholine rings is 2. The maximum atomic E-state index is 10.6. The highest BCUT2D eigenvalue weighted by atomic mass is 16.5. The van der Waals surface area contributed by atoms with Gasteiger partial charge in [-0.15, -0.1) is 0 Å². The van der Waals surface area contributed by atoms with Crippen molar-refractivity contribution < 1.29 is 24.4 Å².